The number of aliphatic imine (C=N–C) groups is 1. The minimum atomic E-state index is 0.600. The predicted octanol–water partition coefficient (Wildman–Crippen LogP) is 4.01. The van der Waals surface area contributed by atoms with Gasteiger partial charge in [-0.25, -0.2) is 4.99 Å². The van der Waals surface area contributed by atoms with E-state index < -0.39 is 0 Å². The smallest absolute Gasteiger partial charge is 0.121 e. The van der Waals surface area contributed by atoms with Crippen molar-refractivity contribution in [3.63, 3.8) is 0 Å². The van der Waals surface area contributed by atoms with E-state index in [1.807, 2.05) is 19.9 Å². The Morgan fingerprint density at radius 1 is 1.47 bits per heavy atom. The molecule has 0 aromatic heterocycles. The third kappa shape index (κ3) is 5.85. The van der Waals surface area contributed by atoms with Gasteiger partial charge in [0.15, 0.2) is 0 Å². The van der Waals surface area contributed by atoms with Crippen LogP contribution in [0.15, 0.2) is 28.9 Å². The third-order valence-corrected chi connectivity index (χ3v) is 2.02. The zero-order valence-corrected chi connectivity index (χ0v) is 9.95. The highest BCUT2D eigenvalue weighted by molar-refractivity contribution is 6.00. The maximum Gasteiger partial charge on any atom is 0.121 e. The molecule has 2 heteroatoms. The van der Waals surface area contributed by atoms with Gasteiger partial charge in [0, 0.05) is 12.6 Å². The van der Waals surface area contributed by atoms with Crippen molar-refractivity contribution in [1.82, 2.24) is 0 Å². The lowest BCUT2D eigenvalue weighted by Gasteiger charge is -1.97. The van der Waals surface area contributed by atoms with E-state index in [9.17, 15) is 0 Å². The first-order valence-electron chi connectivity index (χ1n) is 5.69. The predicted molar refractivity (Wildman–Crippen MR) is 65.8 cm³/mol. The summed E-state index contributed by atoms with van der Waals surface area (Å²) in [5.74, 6) is 0. The van der Waals surface area contributed by atoms with Crippen LogP contribution in [0.25, 0.3) is 0 Å². The fourth-order valence-corrected chi connectivity index (χ4v) is 1.21. The molecule has 1 aliphatic rings. The van der Waals surface area contributed by atoms with Gasteiger partial charge in [-0.15, -0.1) is 0 Å². The Balaban J connectivity index is 0.000000921. The van der Waals surface area contributed by atoms with Gasteiger partial charge in [-0.3, -0.25) is 0 Å². The molecule has 2 nitrogen and oxygen atoms in total. The third-order valence-electron chi connectivity index (χ3n) is 2.02. The van der Waals surface area contributed by atoms with Gasteiger partial charge in [-0.05, 0) is 18.9 Å². The lowest BCUT2D eigenvalue weighted by molar-refractivity contribution is 0.796. The van der Waals surface area contributed by atoms with Crippen molar-refractivity contribution in [2.24, 2.45) is 4.99 Å². The highest BCUT2D eigenvalue weighted by Crippen LogP contribution is 2.12. The van der Waals surface area contributed by atoms with Crippen LogP contribution < -0.4 is 0 Å². The maximum atomic E-state index is 8.63. The zero-order chi connectivity index (χ0) is 11.5. The zero-order valence-electron chi connectivity index (χ0n) is 9.95. The molecule has 1 heterocycles. The summed E-state index contributed by atoms with van der Waals surface area (Å²) in [5.41, 5.74) is 1.90. The summed E-state index contributed by atoms with van der Waals surface area (Å²) in [6, 6.07) is 2.07. The highest BCUT2D eigenvalue weighted by Gasteiger charge is 1.99. The molecule has 0 saturated heterocycles. The summed E-state index contributed by atoms with van der Waals surface area (Å²) < 4.78 is 0. The monoisotopic (exact) mass is 204 g/mol. The Kier molecular flexibility index (Phi) is 8.37. The summed E-state index contributed by atoms with van der Waals surface area (Å²) in [5, 5.41) is 8.63. The van der Waals surface area contributed by atoms with Gasteiger partial charge < -0.3 is 0 Å². The topological polar surface area (TPSA) is 36.1 Å². The largest absolute Gasteiger partial charge is 0.250 e. The molecule has 0 N–H and O–H groups in total. The molecule has 1 aliphatic heterocycles. The molecule has 0 aliphatic carbocycles. The van der Waals surface area contributed by atoms with Gasteiger partial charge in [0.1, 0.15) is 11.8 Å². The minimum Gasteiger partial charge on any atom is -0.250 e. The van der Waals surface area contributed by atoms with E-state index in [1.54, 1.807) is 6.20 Å². The van der Waals surface area contributed by atoms with Gasteiger partial charge in [0.05, 0.1) is 0 Å². The Labute approximate surface area is 93.0 Å². The Morgan fingerprint density at radius 3 is 2.80 bits per heavy atom. The summed E-state index contributed by atoms with van der Waals surface area (Å²) in [6.07, 6.45) is 10.0. The first kappa shape index (κ1) is 13.6. The normalized spacial score (nSPS) is 14.0. The molecule has 0 spiro atoms. The van der Waals surface area contributed by atoms with Crippen LogP contribution in [0.4, 0.5) is 0 Å². The van der Waals surface area contributed by atoms with Crippen LogP contribution in [0.2, 0.25) is 0 Å². The number of hydrogen-bond acceptors (Lipinski definition) is 2. The van der Waals surface area contributed by atoms with E-state index in [4.69, 9.17) is 5.26 Å². The van der Waals surface area contributed by atoms with Gasteiger partial charge in [0.25, 0.3) is 0 Å². The van der Waals surface area contributed by atoms with Crippen molar-refractivity contribution in [3.05, 3.63) is 23.9 Å². The van der Waals surface area contributed by atoms with E-state index >= 15 is 0 Å². The molecule has 0 atom stereocenters. The molecule has 82 valence electrons. The SMILES string of the molecule is CC.CCCCC1=CCC(C#N)=NC=C1. The van der Waals surface area contributed by atoms with Gasteiger partial charge in [-0.1, -0.05) is 38.8 Å². The Hall–Kier alpha value is -1.36. The second-order valence-corrected chi connectivity index (χ2v) is 3.09. The fourth-order valence-electron chi connectivity index (χ4n) is 1.21. The number of allylic oxidation sites excluding steroid dienone is 3. The molecule has 0 saturated carbocycles. The Bertz CT molecular complexity index is 290. The van der Waals surface area contributed by atoms with E-state index in [1.165, 1.54) is 18.4 Å². The molecule has 15 heavy (non-hydrogen) atoms. The lowest BCUT2D eigenvalue weighted by Crippen LogP contribution is -1.89. The molecule has 1 rings (SSSR count). The van der Waals surface area contributed by atoms with Gasteiger partial charge in [-0.2, -0.15) is 5.26 Å². The van der Waals surface area contributed by atoms with Crippen LogP contribution in [0.5, 0.6) is 0 Å². The van der Waals surface area contributed by atoms with Crippen LogP contribution in [0.1, 0.15) is 46.5 Å². The highest BCUT2D eigenvalue weighted by atomic mass is 14.7. The molecule has 0 bridgehead atoms. The van der Waals surface area contributed by atoms with E-state index in [-0.39, 0.29) is 0 Å². The molecular weight excluding hydrogens is 184 g/mol. The van der Waals surface area contributed by atoms with Crippen LogP contribution in [0, 0.1) is 11.3 Å². The van der Waals surface area contributed by atoms with E-state index in [0.717, 1.165) is 6.42 Å². The standard InChI is InChI=1S/C11H14N2.C2H6/c1-2-3-4-10-5-6-11(9-12)13-8-7-10;1-2/h5,7-8H,2-4,6H2,1H3;1-2H3. The first-order chi connectivity index (χ1) is 7.36. The van der Waals surface area contributed by atoms with E-state index in [0.29, 0.717) is 12.1 Å². The van der Waals surface area contributed by atoms with Crippen molar-refractivity contribution in [3.8, 4) is 6.07 Å². The molecule has 0 aromatic rings. The average molecular weight is 204 g/mol. The number of hydrogen-bond donors (Lipinski definition) is 0. The van der Waals surface area contributed by atoms with Crippen molar-refractivity contribution in [2.75, 3.05) is 0 Å². The van der Waals surface area contributed by atoms with Crippen LogP contribution in [-0.4, -0.2) is 5.71 Å². The fraction of sp³-hybridized carbons (Fsp3) is 0.538. The van der Waals surface area contributed by atoms with Crippen molar-refractivity contribution < 1.29 is 0 Å². The second kappa shape index (κ2) is 9.21. The van der Waals surface area contributed by atoms with Crippen LogP contribution in [-0.2, 0) is 0 Å². The quantitative estimate of drug-likeness (QED) is 0.684. The number of nitriles is 1. The van der Waals surface area contributed by atoms with Crippen molar-refractivity contribution in [1.29, 1.82) is 5.26 Å². The Morgan fingerprint density at radius 2 is 2.20 bits per heavy atom. The number of unbranched alkanes of at least 4 members (excludes halogenated alkanes) is 1. The molecule has 0 amide bonds. The molecule has 0 radical (unpaired) electrons. The number of rotatable bonds is 3. The van der Waals surface area contributed by atoms with Gasteiger partial charge >= 0.3 is 0 Å². The van der Waals surface area contributed by atoms with Crippen molar-refractivity contribution in [2.45, 2.75) is 46.5 Å². The summed E-state index contributed by atoms with van der Waals surface area (Å²) in [7, 11) is 0. The number of nitrogens with zero attached hydrogens (tertiary/aromatic N) is 2. The molecule has 0 unspecified atom stereocenters. The van der Waals surface area contributed by atoms with Crippen molar-refractivity contribution >= 4 is 5.71 Å². The first-order valence-corrected chi connectivity index (χ1v) is 5.69. The minimum absolute atomic E-state index is 0.600. The summed E-state index contributed by atoms with van der Waals surface area (Å²) >= 11 is 0. The van der Waals surface area contributed by atoms with Gasteiger partial charge in [0.2, 0.25) is 0 Å². The molecule has 0 fully saturated rings. The average Bonchev–Trinajstić information content (AvgIpc) is 2.54. The summed E-state index contributed by atoms with van der Waals surface area (Å²) in [4.78, 5) is 4.02. The maximum absolute atomic E-state index is 8.63. The van der Waals surface area contributed by atoms with E-state index in [2.05, 4.69) is 24.1 Å². The summed E-state index contributed by atoms with van der Waals surface area (Å²) in [6.45, 7) is 6.18. The van der Waals surface area contributed by atoms with Crippen LogP contribution >= 0.6 is 0 Å². The molecular formula is C13H20N2. The lowest BCUT2D eigenvalue weighted by atomic mass is 10.1. The van der Waals surface area contributed by atoms with Crippen LogP contribution in [0.3, 0.4) is 0 Å². The second-order valence-electron chi connectivity index (χ2n) is 3.09. The molecule has 0 aromatic carbocycles.